The van der Waals surface area contributed by atoms with Crippen LogP contribution in [0.25, 0.3) is 10.9 Å². The van der Waals surface area contributed by atoms with Crippen molar-refractivity contribution in [1.82, 2.24) is 14.5 Å². The Labute approximate surface area is 159 Å². The van der Waals surface area contributed by atoms with Crippen LogP contribution in [-0.2, 0) is 18.3 Å². The van der Waals surface area contributed by atoms with Gasteiger partial charge in [-0.05, 0) is 31.0 Å². The number of rotatable bonds is 6. The molecule has 27 heavy (non-hydrogen) atoms. The van der Waals surface area contributed by atoms with E-state index in [9.17, 15) is 9.59 Å². The Morgan fingerprint density at radius 2 is 1.74 bits per heavy atom. The first-order chi connectivity index (χ1) is 13.1. The highest BCUT2D eigenvalue weighted by Gasteiger charge is 2.26. The van der Waals surface area contributed by atoms with Gasteiger partial charge in [0.05, 0.1) is 23.4 Å². The molecule has 5 heteroatoms. The van der Waals surface area contributed by atoms with Crippen molar-refractivity contribution in [3.05, 3.63) is 76.3 Å². The summed E-state index contributed by atoms with van der Waals surface area (Å²) in [6.07, 6.45) is 1.03. The van der Waals surface area contributed by atoms with Gasteiger partial charge in [0.2, 0.25) is 5.91 Å². The lowest BCUT2D eigenvalue weighted by Crippen LogP contribution is -2.39. The normalized spacial score (nSPS) is 12.1. The summed E-state index contributed by atoms with van der Waals surface area (Å²) in [6.45, 7) is 4.54. The summed E-state index contributed by atoms with van der Waals surface area (Å²) in [5, 5.41) is 0.595. The molecule has 0 aliphatic rings. The van der Waals surface area contributed by atoms with Crippen molar-refractivity contribution in [2.24, 2.45) is 7.05 Å². The Kier molecular flexibility index (Phi) is 5.69. The Bertz CT molecular complexity index is 995. The smallest absolute Gasteiger partial charge is 0.261 e. The quantitative estimate of drug-likeness (QED) is 0.674. The molecular weight excluding hydrogens is 338 g/mol. The maximum atomic E-state index is 13.0. The first-order valence-corrected chi connectivity index (χ1v) is 9.35. The van der Waals surface area contributed by atoms with Gasteiger partial charge in [0.15, 0.2) is 0 Å². The summed E-state index contributed by atoms with van der Waals surface area (Å²) in [7, 11) is 1.73. The lowest BCUT2D eigenvalue weighted by molar-refractivity contribution is -0.133. The summed E-state index contributed by atoms with van der Waals surface area (Å²) in [4.78, 5) is 32.3. The van der Waals surface area contributed by atoms with Gasteiger partial charge in [0.1, 0.15) is 5.82 Å². The second-order valence-electron chi connectivity index (χ2n) is 6.62. The molecule has 5 nitrogen and oxygen atoms in total. The van der Waals surface area contributed by atoms with E-state index < -0.39 is 0 Å². The maximum Gasteiger partial charge on any atom is 0.261 e. The van der Waals surface area contributed by atoms with E-state index in [0.717, 1.165) is 5.56 Å². The molecule has 140 valence electrons. The molecule has 1 aromatic heterocycles. The molecule has 0 N–H and O–H groups in total. The van der Waals surface area contributed by atoms with E-state index in [1.54, 1.807) is 17.7 Å². The zero-order valence-corrected chi connectivity index (χ0v) is 16.1. The van der Waals surface area contributed by atoms with Crippen molar-refractivity contribution in [2.45, 2.75) is 32.7 Å². The number of para-hydroxylation sites is 1. The molecular formula is C22H25N3O2. The third-order valence-electron chi connectivity index (χ3n) is 4.94. The largest absolute Gasteiger partial charge is 0.333 e. The molecule has 2 aromatic carbocycles. The van der Waals surface area contributed by atoms with Crippen molar-refractivity contribution in [3.8, 4) is 0 Å². The van der Waals surface area contributed by atoms with Crippen LogP contribution in [0.5, 0.6) is 0 Å². The van der Waals surface area contributed by atoms with Crippen molar-refractivity contribution < 1.29 is 4.79 Å². The predicted molar refractivity (Wildman–Crippen MR) is 108 cm³/mol. The molecule has 1 heterocycles. The monoisotopic (exact) mass is 363 g/mol. The van der Waals surface area contributed by atoms with Crippen LogP contribution in [0, 0.1) is 0 Å². The SMILES string of the molecule is CCC(c1nc2ccccc2c(=O)n1C)N(CC)C(=O)Cc1ccccc1. The van der Waals surface area contributed by atoms with Gasteiger partial charge >= 0.3 is 0 Å². The van der Waals surface area contributed by atoms with Crippen LogP contribution in [0.15, 0.2) is 59.4 Å². The van der Waals surface area contributed by atoms with E-state index in [4.69, 9.17) is 4.98 Å². The highest BCUT2D eigenvalue weighted by Crippen LogP contribution is 2.24. The van der Waals surface area contributed by atoms with Gasteiger partial charge in [-0.25, -0.2) is 4.98 Å². The highest BCUT2D eigenvalue weighted by atomic mass is 16.2. The number of carbonyl (C=O) groups is 1. The van der Waals surface area contributed by atoms with Crippen molar-refractivity contribution in [3.63, 3.8) is 0 Å². The number of likely N-dealkylation sites (N-methyl/N-ethyl adjacent to an activating group) is 1. The fraction of sp³-hybridized carbons (Fsp3) is 0.318. The summed E-state index contributed by atoms with van der Waals surface area (Å²) < 4.78 is 1.58. The third kappa shape index (κ3) is 3.77. The van der Waals surface area contributed by atoms with Crippen LogP contribution in [-0.4, -0.2) is 26.9 Å². The number of nitrogens with zero attached hydrogens (tertiary/aromatic N) is 3. The molecule has 1 unspecified atom stereocenters. The molecule has 0 saturated heterocycles. The number of aromatic nitrogens is 2. The van der Waals surface area contributed by atoms with E-state index in [1.165, 1.54) is 0 Å². The van der Waals surface area contributed by atoms with Gasteiger partial charge in [-0.3, -0.25) is 14.2 Å². The number of amides is 1. The second-order valence-corrected chi connectivity index (χ2v) is 6.62. The summed E-state index contributed by atoms with van der Waals surface area (Å²) in [5.74, 6) is 0.669. The minimum absolute atomic E-state index is 0.0398. The number of carbonyl (C=O) groups excluding carboxylic acids is 1. The van der Waals surface area contributed by atoms with Crippen LogP contribution in [0.3, 0.4) is 0 Å². The van der Waals surface area contributed by atoms with Gasteiger partial charge in [-0.1, -0.05) is 49.4 Å². The van der Waals surface area contributed by atoms with Crippen molar-refractivity contribution in [1.29, 1.82) is 0 Å². The van der Waals surface area contributed by atoms with E-state index in [1.807, 2.05) is 67.3 Å². The van der Waals surface area contributed by atoms with Crippen LogP contribution < -0.4 is 5.56 Å². The first kappa shape index (κ1) is 18.8. The molecule has 0 saturated carbocycles. The van der Waals surface area contributed by atoms with Crippen LogP contribution in [0.4, 0.5) is 0 Å². The summed E-state index contributed by atoms with van der Waals surface area (Å²) in [6, 6.07) is 16.8. The van der Waals surface area contributed by atoms with E-state index in [-0.39, 0.29) is 17.5 Å². The summed E-state index contributed by atoms with van der Waals surface area (Å²) >= 11 is 0. The van der Waals surface area contributed by atoms with Crippen LogP contribution >= 0.6 is 0 Å². The standard InChI is InChI=1S/C22H25N3O2/c1-4-19(25(5-2)20(26)15-16-11-7-6-8-12-16)21-23-18-14-10-9-13-17(18)22(27)24(21)3/h6-14,19H,4-5,15H2,1-3H3. The number of benzene rings is 2. The highest BCUT2D eigenvalue weighted by molar-refractivity contribution is 5.80. The number of hydrogen-bond donors (Lipinski definition) is 0. The van der Waals surface area contributed by atoms with Gasteiger partial charge in [-0.2, -0.15) is 0 Å². The first-order valence-electron chi connectivity index (χ1n) is 9.35. The Morgan fingerprint density at radius 1 is 1.07 bits per heavy atom. The molecule has 3 rings (SSSR count). The molecule has 0 bridgehead atoms. The zero-order chi connectivity index (χ0) is 19.4. The predicted octanol–water partition coefficient (Wildman–Crippen LogP) is 3.48. The van der Waals surface area contributed by atoms with Gasteiger partial charge in [-0.15, -0.1) is 0 Å². The Hall–Kier alpha value is -2.95. The average molecular weight is 363 g/mol. The van der Waals surface area contributed by atoms with E-state index in [0.29, 0.717) is 36.1 Å². The zero-order valence-electron chi connectivity index (χ0n) is 16.1. The molecule has 0 fully saturated rings. The third-order valence-corrected chi connectivity index (χ3v) is 4.94. The van der Waals surface area contributed by atoms with Crippen molar-refractivity contribution >= 4 is 16.8 Å². The second kappa shape index (κ2) is 8.16. The fourth-order valence-corrected chi connectivity index (χ4v) is 3.52. The molecule has 1 atom stereocenters. The topological polar surface area (TPSA) is 55.2 Å². The number of fused-ring (bicyclic) bond motifs is 1. The molecule has 0 spiro atoms. The molecule has 3 aromatic rings. The lowest BCUT2D eigenvalue weighted by atomic mass is 10.1. The minimum atomic E-state index is -0.242. The number of hydrogen-bond acceptors (Lipinski definition) is 3. The van der Waals surface area contributed by atoms with Gasteiger partial charge in [0, 0.05) is 13.6 Å². The minimum Gasteiger partial charge on any atom is -0.333 e. The molecule has 0 aliphatic carbocycles. The Morgan fingerprint density at radius 3 is 2.41 bits per heavy atom. The van der Waals surface area contributed by atoms with E-state index in [2.05, 4.69) is 0 Å². The molecule has 0 aliphatic heterocycles. The van der Waals surface area contributed by atoms with E-state index >= 15 is 0 Å². The van der Waals surface area contributed by atoms with Gasteiger partial charge < -0.3 is 4.90 Å². The lowest BCUT2D eigenvalue weighted by Gasteiger charge is -2.31. The molecule has 1 amide bonds. The Balaban J connectivity index is 1.99. The van der Waals surface area contributed by atoms with Crippen LogP contribution in [0.1, 0.15) is 37.7 Å². The average Bonchev–Trinajstić information content (AvgIpc) is 2.69. The molecule has 0 radical (unpaired) electrons. The fourth-order valence-electron chi connectivity index (χ4n) is 3.52. The van der Waals surface area contributed by atoms with Gasteiger partial charge in [0.25, 0.3) is 5.56 Å². The maximum absolute atomic E-state index is 13.0. The van der Waals surface area contributed by atoms with Crippen molar-refractivity contribution in [2.75, 3.05) is 6.54 Å². The summed E-state index contributed by atoms with van der Waals surface area (Å²) in [5.41, 5.74) is 1.57. The van der Waals surface area contributed by atoms with Crippen LogP contribution in [0.2, 0.25) is 0 Å².